The maximum absolute atomic E-state index is 6.07. The minimum absolute atomic E-state index is 0.191. The standard InChI is InChI=1S/C19H31NO/c1-5-14-20-18(19(3,4)21-6-2)17-13-8-7-12-16(17)15-10-9-11-15/h7-8,12-13,15,18,20H,5-6,9-11,14H2,1-4H3. The average molecular weight is 289 g/mol. The second-order valence-corrected chi connectivity index (χ2v) is 6.68. The molecule has 1 saturated carbocycles. The van der Waals surface area contributed by atoms with Crippen LogP contribution in [0.3, 0.4) is 0 Å². The van der Waals surface area contributed by atoms with Gasteiger partial charge in [0.2, 0.25) is 0 Å². The van der Waals surface area contributed by atoms with Crippen LogP contribution < -0.4 is 5.32 Å². The van der Waals surface area contributed by atoms with Crippen LogP contribution in [-0.2, 0) is 4.74 Å². The summed E-state index contributed by atoms with van der Waals surface area (Å²) in [5.41, 5.74) is 2.78. The van der Waals surface area contributed by atoms with Crippen molar-refractivity contribution in [2.75, 3.05) is 13.2 Å². The number of ether oxygens (including phenoxy) is 1. The van der Waals surface area contributed by atoms with Crippen LogP contribution in [0.1, 0.15) is 76.5 Å². The number of hydrogen-bond acceptors (Lipinski definition) is 2. The minimum Gasteiger partial charge on any atom is -0.374 e. The normalized spacial score (nSPS) is 17.5. The molecule has 2 rings (SSSR count). The summed E-state index contributed by atoms with van der Waals surface area (Å²) in [7, 11) is 0. The lowest BCUT2D eigenvalue weighted by Crippen LogP contribution is -2.42. The van der Waals surface area contributed by atoms with E-state index in [0.29, 0.717) is 0 Å². The first-order chi connectivity index (χ1) is 10.1. The minimum atomic E-state index is -0.191. The largest absolute Gasteiger partial charge is 0.374 e. The third kappa shape index (κ3) is 3.87. The molecule has 0 amide bonds. The molecular formula is C19H31NO. The lowest BCUT2D eigenvalue weighted by atomic mass is 9.75. The van der Waals surface area contributed by atoms with Crippen molar-refractivity contribution in [1.82, 2.24) is 5.32 Å². The summed E-state index contributed by atoms with van der Waals surface area (Å²) in [5, 5.41) is 3.73. The van der Waals surface area contributed by atoms with Gasteiger partial charge in [0, 0.05) is 6.61 Å². The Morgan fingerprint density at radius 3 is 2.52 bits per heavy atom. The van der Waals surface area contributed by atoms with Crippen LogP contribution in [0.5, 0.6) is 0 Å². The van der Waals surface area contributed by atoms with Gasteiger partial charge in [0.1, 0.15) is 0 Å². The van der Waals surface area contributed by atoms with Gasteiger partial charge in [-0.2, -0.15) is 0 Å². The zero-order valence-corrected chi connectivity index (χ0v) is 14.1. The average Bonchev–Trinajstić information content (AvgIpc) is 2.38. The van der Waals surface area contributed by atoms with Crippen molar-refractivity contribution >= 4 is 0 Å². The smallest absolute Gasteiger partial charge is 0.0820 e. The third-order valence-corrected chi connectivity index (χ3v) is 4.66. The molecule has 1 aliphatic carbocycles. The van der Waals surface area contributed by atoms with Crippen molar-refractivity contribution in [3.8, 4) is 0 Å². The molecule has 0 spiro atoms. The summed E-state index contributed by atoms with van der Waals surface area (Å²) in [5.74, 6) is 0.754. The summed E-state index contributed by atoms with van der Waals surface area (Å²) in [4.78, 5) is 0. The molecule has 118 valence electrons. The van der Waals surface area contributed by atoms with Crippen LogP contribution in [0, 0.1) is 0 Å². The Morgan fingerprint density at radius 1 is 1.24 bits per heavy atom. The fraction of sp³-hybridized carbons (Fsp3) is 0.684. The number of nitrogens with one attached hydrogen (secondary N) is 1. The predicted octanol–water partition coefficient (Wildman–Crippen LogP) is 4.81. The van der Waals surface area contributed by atoms with E-state index in [1.165, 1.54) is 30.4 Å². The Hall–Kier alpha value is -0.860. The summed E-state index contributed by atoms with van der Waals surface area (Å²) in [6.45, 7) is 10.5. The quantitative estimate of drug-likeness (QED) is 0.741. The van der Waals surface area contributed by atoms with Gasteiger partial charge in [0.05, 0.1) is 11.6 Å². The molecule has 0 aliphatic heterocycles. The first-order valence-electron chi connectivity index (χ1n) is 8.56. The topological polar surface area (TPSA) is 21.3 Å². The second kappa shape index (κ2) is 7.42. The maximum atomic E-state index is 6.07. The van der Waals surface area contributed by atoms with Gasteiger partial charge in [-0.25, -0.2) is 0 Å². The van der Waals surface area contributed by atoms with Crippen molar-refractivity contribution in [1.29, 1.82) is 0 Å². The Kier molecular flexibility index (Phi) is 5.83. The molecule has 0 heterocycles. The van der Waals surface area contributed by atoms with E-state index >= 15 is 0 Å². The van der Waals surface area contributed by atoms with E-state index in [1.54, 1.807) is 0 Å². The summed E-state index contributed by atoms with van der Waals surface area (Å²) in [6.07, 6.45) is 5.20. The van der Waals surface area contributed by atoms with Gasteiger partial charge in [-0.05, 0) is 63.6 Å². The van der Waals surface area contributed by atoms with E-state index in [0.717, 1.165) is 25.5 Å². The molecular weight excluding hydrogens is 258 g/mol. The van der Waals surface area contributed by atoms with Crippen molar-refractivity contribution in [3.63, 3.8) is 0 Å². The zero-order chi connectivity index (χ0) is 15.3. The Bertz CT molecular complexity index is 437. The first-order valence-corrected chi connectivity index (χ1v) is 8.56. The van der Waals surface area contributed by atoms with Crippen LogP contribution in [-0.4, -0.2) is 18.8 Å². The molecule has 21 heavy (non-hydrogen) atoms. The highest BCUT2D eigenvalue weighted by molar-refractivity contribution is 5.35. The summed E-state index contributed by atoms with van der Waals surface area (Å²) >= 11 is 0. The molecule has 1 atom stereocenters. The second-order valence-electron chi connectivity index (χ2n) is 6.68. The molecule has 1 aromatic rings. The summed E-state index contributed by atoms with van der Waals surface area (Å²) < 4.78 is 6.07. The van der Waals surface area contributed by atoms with Crippen molar-refractivity contribution in [3.05, 3.63) is 35.4 Å². The van der Waals surface area contributed by atoms with Gasteiger partial charge < -0.3 is 10.1 Å². The van der Waals surface area contributed by atoms with Crippen LogP contribution in [0.4, 0.5) is 0 Å². The zero-order valence-electron chi connectivity index (χ0n) is 14.1. The highest BCUT2D eigenvalue weighted by atomic mass is 16.5. The van der Waals surface area contributed by atoms with Gasteiger partial charge in [0.15, 0.2) is 0 Å². The SMILES string of the molecule is CCCNC(c1ccccc1C1CCC1)C(C)(C)OCC. The number of hydrogen-bond donors (Lipinski definition) is 1. The van der Waals surface area contributed by atoms with E-state index < -0.39 is 0 Å². The van der Waals surface area contributed by atoms with Crippen molar-refractivity contribution in [2.45, 2.75) is 70.9 Å². The number of benzene rings is 1. The molecule has 2 heteroatoms. The number of rotatable bonds is 8. The molecule has 1 aromatic carbocycles. The molecule has 1 aliphatic rings. The Balaban J connectivity index is 2.31. The fourth-order valence-corrected chi connectivity index (χ4v) is 3.34. The van der Waals surface area contributed by atoms with E-state index in [2.05, 4.69) is 57.3 Å². The van der Waals surface area contributed by atoms with Crippen LogP contribution in [0.25, 0.3) is 0 Å². The summed E-state index contributed by atoms with van der Waals surface area (Å²) in [6, 6.07) is 9.22. The molecule has 1 unspecified atom stereocenters. The van der Waals surface area contributed by atoms with Gasteiger partial charge in [-0.3, -0.25) is 0 Å². The first kappa shape index (κ1) is 16.5. The lowest BCUT2D eigenvalue weighted by Gasteiger charge is -2.38. The van der Waals surface area contributed by atoms with Crippen LogP contribution >= 0.6 is 0 Å². The molecule has 0 saturated heterocycles. The van der Waals surface area contributed by atoms with E-state index in [1.807, 2.05) is 0 Å². The maximum Gasteiger partial charge on any atom is 0.0820 e. The molecule has 1 fully saturated rings. The van der Waals surface area contributed by atoms with Gasteiger partial charge in [0.25, 0.3) is 0 Å². The fourth-order valence-electron chi connectivity index (χ4n) is 3.34. The third-order valence-electron chi connectivity index (χ3n) is 4.66. The molecule has 0 aromatic heterocycles. The predicted molar refractivity (Wildman–Crippen MR) is 89.8 cm³/mol. The highest BCUT2D eigenvalue weighted by Crippen LogP contribution is 2.41. The van der Waals surface area contributed by atoms with Gasteiger partial charge >= 0.3 is 0 Å². The molecule has 0 radical (unpaired) electrons. The molecule has 0 bridgehead atoms. The van der Waals surface area contributed by atoms with Gasteiger partial charge in [-0.1, -0.05) is 37.6 Å². The van der Waals surface area contributed by atoms with Gasteiger partial charge in [-0.15, -0.1) is 0 Å². The monoisotopic (exact) mass is 289 g/mol. The molecule has 2 nitrogen and oxygen atoms in total. The van der Waals surface area contributed by atoms with Crippen LogP contribution in [0.15, 0.2) is 24.3 Å². The van der Waals surface area contributed by atoms with E-state index in [-0.39, 0.29) is 11.6 Å². The Labute approximate surface area is 130 Å². The molecule has 1 N–H and O–H groups in total. The van der Waals surface area contributed by atoms with Crippen LogP contribution in [0.2, 0.25) is 0 Å². The van der Waals surface area contributed by atoms with Crippen molar-refractivity contribution in [2.24, 2.45) is 0 Å². The van der Waals surface area contributed by atoms with E-state index in [4.69, 9.17) is 4.74 Å². The lowest BCUT2D eigenvalue weighted by molar-refractivity contribution is -0.0395. The van der Waals surface area contributed by atoms with E-state index in [9.17, 15) is 0 Å². The highest BCUT2D eigenvalue weighted by Gasteiger charge is 2.34. The Morgan fingerprint density at radius 2 is 1.95 bits per heavy atom. The van der Waals surface area contributed by atoms with Crippen molar-refractivity contribution < 1.29 is 4.74 Å².